The van der Waals surface area contributed by atoms with E-state index in [9.17, 15) is 13.6 Å². The first kappa shape index (κ1) is 20.1. The van der Waals surface area contributed by atoms with Crippen molar-refractivity contribution in [2.75, 3.05) is 5.73 Å². The zero-order valence-electron chi connectivity index (χ0n) is 16.0. The zero-order chi connectivity index (χ0) is 21.0. The highest BCUT2D eigenvalue weighted by Gasteiger charge is 2.13. The van der Waals surface area contributed by atoms with E-state index in [4.69, 9.17) is 10.5 Å². The van der Waals surface area contributed by atoms with Gasteiger partial charge in [-0.25, -0.2) is 8.78 Å². The fourth-order valence-electron chi connectivity index (χ4n) is 2.90. The highest BCUT2D eigenvalue weighted by atomic mass is 19.1. The van der Waals surface area contributed by atoms with Gasteiger partial charge in [0.05, 0.1) is 11.2 Å². The average molecular weight is 394 g/mol. The van der Waals surface area contributed by atoms with Crippen molar-refractivity contribution < 1.29 is 13.5 Å². The highest BCUT2D eigenvalue weighted by Crippen LogP contribution is 2.33. The first-order valence-corrected chi connectivity index (χ1v) is 9.16. The van der Waals surface area contributed by atoms with E-state index in [-0.39, 0.29) is 11.2 Å². The quantitative estimate of drug-likeness (QED) is 0.456. The standard InChI is InChI=1S/C21H14F2N2O2.C2H6/c22-13-5-7-20(16(23)11-13)27-21-8-6-14(24)12-18(21)25-10-9-19(26)15-3-1-2-4-17(15)25;1-2/h1-12H,24H2;1-2H3. The Kier molecular flexibility index (Phi) is 5.93. The second-order valence-electron chi connectivity index (χ2n) is 5.97. The van der Waals surface area contributed by atoms with Crippen LogP contribution in [0.3, 0.4) is 0 Å². The molecule has 0 radical (unpaired) electrons. The summed E-state index contributed by atoms with van der Waals surface area (Å²) >= 11 is 0. The number of benzene rings is 3. The van der Waals surface area contributed by atoms with Crippen LogP contribution in [0.25, 0.3) is 16.6 Å². The van der Waals surface area contributed by atoms with Crippen LogP contribution in [0, 0.1) is 11.6 Å². The van der Waals surface area contributed by atoms with Crippen LogP contribution >= 0.6 is 0 Å². The van der Waals surface area contributed by atoms with Crippen LogP contribution < -0.4 is 15.9 Å². The maximum Gasteiger partial charge on any atom is 0.189 e. The monoisotopic (exact) mass is 394 g/mol. The van der Waals surface area contributed by atoms with Gasteiger partial charge in [-0.15, -0.1) is 0 Å². The van der Waals surface area contributed by atoms with Crippen molar-refractivity contribution in [2.24, 2.45) is 0 Å². The first-order valence-electron chi connectivity index (χ1n) is 9.16. The van der Waals surface area contributed by atoms with Crippen LogP contribution in [-0.4, -0.2) is 4.57 Å². The molecule has 0 aliphatic rings. The molecule has 0 saturated carbocycles. The number of halogens is 2. The molecule has 148 valence electrons. The van der Waals surface area contributed by atoms with Crippen LogP contribution in [0.5, 0.6) is 11.5 Å². The molecule has 4 nitrogen and oxygen atoms in total. The van der Waals surface area contributed by atoms with E-state index in [0.29, 0.717) is 28.0 Å². The number of ether oxygens (including phenoxy) is 1. The lowest BCUT2D eigenvalue weighted by Crippen LogP contribution is -2.07. The number of para-hydroxylation sites is 1. The number of aromatic nitrogens is 1. The van der Waals surface area contributed by atoms with E-state index < -0.39 is 11.6 Å². The van der Waals surface area contributed by atoms with Crippen LogP contribution in [-0.2, 0) is 0 Å². The Morgan fingerprint density at radius 2 is 1.62 bits per heavy atom. The summed E-state index contributed by atoms with van der Waals surface area (Å²) in [5.41, 5.74) is 7.46. The Balaban J connectivity index is 0.00000117. The third-order valence-corrected chi connectivity index (χ3v) is 4.16. The molecule has 0 atom stereocenters. The smallest absolute Gasteiger partial charge is 0.189 e. The van der Waals surface area contributed by atoms with Crippen LogP contribution in [0.2, 0.25) is 0 Å². The molecule has 4 aromatic rings. The van der Waals surface area contributed by atoms with Crippen molar-refractivity contribution in [3.8, 4) is 17.2 Å². The lowest BCUT2D eigenvalue weighted by Gasteiger charge is -2.16. The predicted molar refractivity (Wildman–Crippen MR) is 112 cm³/mol. The molecular formula is C23H20F2N2O2. The lowest BCUT2D eigenvalue weighted by atomic mass is 10.2. The molecule has 4 rings (SSSR count). The van der Waals surface area contributed by atoms with E-state index in [0.717, 1.165) is 12.1 Å². The van der Waals surface area contributed by atoms with E-state index >= 15 is 0 Å². The van der Waals surface area contributed by atoms with Gasteiger partial charge in [-0.1, -0.05) is 26.0 Å². The van der Waals surface area contributed by atoms with Gasteiger partial charge in [0.25, 0.3) is 0 Å². The number of rotatable bonds is 3. The van der Waals surface area contributed by atoms with Gasteiger partial charge in [0.15, 0.2) is 22.7 Å². The maximum absolute atomic E-state index is 14.0. The summed E-state index contributed by atoms with van der Waals surface area (Å²) < 4.78 is 34.6. The molecule has 0 amide bonds. The van der Waals surface area contributed by atoms with Gasteiger partial charge < -0.3 is 15.0 Å². The normalized spacial score (nSPS) is 10.3. The summed E-state index contributed by atoms with van der Waals surface area (Å²) in [6.07, 6.45) is 1.60. The number of nitrogens with two attached hydrogens (primary N) is 1. The van der Waals surface area contributed by atoms with Crippen molar-refractivity contribution in [1.29, 1.82) is 0 Å². The van der Waals surface area contributed by atoms with Crippen LogP contribution in [0.15, 0.2) is 77.7 Å². The molecule has 0 aliphatic heterocycles. The molecule has 0 aliphatic carbocycles. The number of fused-ring (bicyclic) bond motifs is 1. The number of hydrogen-bond acceptors (Lipinski definition) is 3. The number of pyridine rings is 1. The fourth-order valence-corrected chi connectivity index (χ4v) is 2.90. The topological polar surface area (TPSA) is 57.2 Å². The van der Waals surface area contributed by atoms with Crippen molar-refractivity contribution >= 4 is 16.6 Å². The molecule has 6 heteroatoms. The van der Waals surface area contributed by atoms with Crippen molar-refractivity contribution in [1.82, 2.24) is 4.57 Å². The Morgan fingerprint density at radius 3 is 2.38 bits per heavy atom. The Labute approximate surface area is 166 Å². The molecule has 0 saturated heterocycles. The number of nitrogen functional groups attached to an aromatic ring is 1. The van der Waals surface area contributed by atoms with Crippen LogP contribution in [0.4, 0.5) is 14.5 Å². The molecular weight excluding hydrogens is 374 g/mol. The molecule has 0 fully saturated rings. The van der Waals surface area contributed by atoms with E-state index in [1.807, 2.05) is 19.9 Å². The van der Waals surface area contributed by atoms with Crippen molar-refractivity contribution in [3.05, 3.63) is 94.8 Å². The lowest BCUT2D eigenvalue weighted by molar-refractivity contribution is 0.436. The minimum absolute atomic E-state index is 0.113. The summed E-state index contributed by atoms with van der Waals surface area (Å²) in [5.74, 6) is -1.32. The third-order valence-electron chi connectivity index (χ3n) is 4.16. The molecule has 0 bridgehead atoms. The second kappa shape index (κ2) is 8.56. The molecule has 1 aromatic heterocycles. The average Bonchev–Trinajstić information content (AvgIpc) is 2.73. The molecule has 0 unspecified atom stereocenters. The van der Waals surface area contributed by atoms with Crippen molar-refractivity contribution in [2.45, 2.75) is 13.8 Å². The Morgan fingerprint density at radius 1 is 0.897 bits per heavy atom. The minimum Gasteiger partial charge on any atom is -0.452 e. The maximum atomic E-state index is 14.0. The summed E-state index contributed by atoms with van der Waals surface area (Å²) in [6, 6.07) is 16.5. The van der Waals surface area contributed by atoms with Gasteiger partial charge in [0.1, 0.15) is 5.82 Å². The Hall–Kier alpha value is -3.67. The molecule has 2 N–H and O–H groups in total. The van der Waals surface area contributed by atoms with E-state index in [2.05, 4.69) is 0 Å². The van der Waals surface area contributed by atoms with Crippen LogP contribution in [0.1, 0.15) is 13.8 Å². The first-order chi connectivity index (χ1) is 14.0. The largest absolute Gasteiger partial charge is 0.452 e. The number of nitrogens with zero attached hydrogens (tertiary/aromatic N) is 1. The predicted octanol–water partition coefficient (Wildman–Crippen LogP) is 5.67. The molecule has 0 spiro atoms. The van der Waals surface area contributed by atoms with Gasteiger partial charge in [0.2, 0.25) is 0 Å². The second-order valence-corrected chi connectivity index (χ2v) is 5.97. The van der Waals surface area contributed by atoms with Gasteiger partial charge >= 0.3 is 0 Å². The molecule has 3 aromatic carbocycles. The van der Waals surface area contributed by atoms with E-state index in [1.165, 1.54) is 12.1 Å². The minimum atomic E-state index is -0.817. The van der Waals surface area contributed by atoms with Gasteiger partial charge in [0, 0.05) is 29.4 Å². The third kappa shape index (κ3) is 4.11. The summed E-state index contributed by atoms with van der Waals surface area (Å²) in [4.78, 5) is 12.1. The summed E-state index contributed by atoms with van der Waals surface area (Å²) in [6.45, 7) is 4.00. The fraction of sp³-hybridized carbons (Fsp3) is 0.0870. The highest BCUT2D eigenvalue weighted by molar-refractivity contribution is 5.81. The molecule has 29 heavy (non-hydrogen) atoms. The van der Waals surface area contributed by atoms with Gasteiger partial charge in [-0.2, -0.15) is 0 Å². The number of hydrogen-bond donors (Lipinski definition) is 1. The zero-order valence-corrected chi connectivity index (χ0v) is 16.0. The SMILES string of the molecule is CC.Nc1ccc(Oc2ccc(F)cc2F)c(-n2ccc(=O)c3ccccc32)c1. The summed E-state index contributed by atoms with van der Waals surface area (Å²) in [5, 5.41) is 0.529. The number of anilines is 1. The summed E-state index contributed by atoms with van der Waals surface area (Å²) in [7, 11) is 0. The Bertz CT molecular complexity index is 1220. The van der Waals surface area contributed by atoms with E-state index in [1.54, 1.807) is 47.2 Å². The van der Waals surface area contributed by atoms with Crippen molar-refractivity contribution in [3.63, 3.8) is 0 Å². The molecule has 1 heterocycles. The van der Waals surface area contributed by atoms with Gasteiger partial charge in [-0.3, -0.25) is 4.79 Å². The van der Waals surface area contributed by atoms with Gasteiger partial charge in [-0.05, 0) is 42.5 Å².